The quantitative estimate of drug-likeness (QED) is 0.729. The summed E-state index contributed by atoms with van der Waals surface area (Å²) in [7, 11) is -0.744. The Labute approximate surface area is 177 Å². The summed E-state index contributed by atoms with van der Waals surface area (Å²) in [6.07, 6.45) is 3.57. The fourth-order valence-electron chi connectivity index (χ4n) is 3.59. The number of sulfonamides is 1. The SMILES string of the molecule is CN(C)S(=O)(=O)c1ccc(N2CCCCC2)c(C(=O)NCCc2ccccc2F)c1. The molecule has 0 atom stereocenters. The third-order valence-corrected chi connectivity index (χ3v) is 7.14. The van der Waals surface area contributed by atoms with E-state index in [4.69, 9.17) is 0 Å². The Bertz CT molecular complexity index is 1000. The van der Waals surface area contributed by atoms with Crippen LogP contribution in [0.4, 0.5) is 10.1 Å². The lowest BCUT2D eigenvalue weighted by molar-refractivity contribution is 0.0954. The molecule has 162 valence electrons. The molecule has 30 heavy (non-hydrogen) atoms. The van der Waals surface area contributed by atoms with Crippen LogP contribution in [0, 0.1) is 5.82 Å². The number of hydrogen-bond acceptors (Lipinski definition) is 4. The molecule has 1 N–H and O–H groups in total. The van der Waals surface area contributed by atoms with E-state index >= 15 is 0 Å². The van der Waals surface area contributed by atoms with Crippen LogP contribution in [-0.4, -0.2) is 52.4 Å². The van der Waals surface area contributed by atoms with Crippen molar-refractivity contribution in [1.29, 1.82) is 0 Å². The first-order chi connectivity index (χ1) is 14.3. The maximum atomic E-state index is 13.8. The fourth-order valence-corrected chi connectivity index (χ4v) is 4.51. The Hall–Kier alpha value is -2.45. The highest BCUT2D eigenvalue weighted by molar-refractivity contribution is 7.89. The van der Waals surface area contributed by atoms with Crippen molar-refractivity contribution >= 4 is 21.6 Å². The first kappa shape index (κ1) is 22.2. The minimum absolute atomic E-state index is 0.0764. The lowest BCUT2D eigenvalue weighted by Gasteiger charge is -2.30. The van der Waals surface area contributed by atoms with Crippen LogP contribution < -0.4 is 10.2 Å². The second-order valence-electron chi connectivity index (χ2n) is 7.61. The van der Waals surface area contributed by atoms with Crippen molar-refractivity contribution in [1.82, 2.24) is 9.62 Å². The Kier molecular flexibility index (Phi) is 7.10. The van der Waals surface area contributed by atoms with Gasteiger partial charge in [0.25, 0.3) is 5.91 Å². The number of nitrogens with one attached hydrogen (secondary N) is 1. The monoisotopic (exact) mass is 433 g/mol. The van der Waals surface area contributed by atoms with Crippen molar-refractivity contribution in [2.75, 3.05) is 38.6 Å². The highest BCUT2D eigenvalue weighted by Crippen LogP contribution is 2.28. The first-order valence-corrected chi connectivity index (χ1v) is 11.6. The Morgan fingerprint density at radius 3 is 2.47 bits per heavy atom. The van der Waals surface area contributed by atoms with E-state index < -0.39 is 10.0 Å². The van der Waals surface area contributed by atoms with Gasteiger partial charge in [0.2, 0.25) is 10.0 Å². The summed E-state index contributed by atoms with van der Waals surface area (Å²) in [6.45, 7) is 1.91. The van der Waals surface area contributed by atoms with Gasteiger partial charge in [-0.3, -0.25) is 4.79 Å². The summed E-state index contributed by atoms with van der Waals surface area (Å²) in [4.78, 5) is 15.2. The van der Waals surface area contributed by atoms with Gasteiger partial charge >= 0.3 is 0 Å². The zero-order valence-electron chi connectivity index (χ0n) is 17.4. The third-order valence-electron chi connectivity index (χ3n) is 5.33. The molecule has 1 amide bonds. The number of benzene rings is 2. The van der Waals surface area contributed by atoms with Crippen molar-refractivity contribution in [3.05, 3.63) is 59.4 Å². The smallest absolute Gasteiger partial charge is 0.253 e. The molecule has 2 aromatic rings. The van der Waals surface area contributed by atoms with Crippen molar-refractivity contribution in [3.63, 3.8) is 0 Å². The van der Waals surface area contributed by atoms with Crippen LogP contribution in [-0.2, 0) is 16.4 Å². The van der Waals surface area contributed by atoms with E-state index in [1.807, 2.05) is 0 Å². The summed E-state index contributed by atoms with van der Waals surface area (Å²) in [5, 5.41) is 2.82. The van der Waals surface area contributed by atoms with E-state index in [9.17, 15) is 17.6 Å². The lowest BCUT2D eigenvalue weighted by atomic mass is 10.1. The van der Waals surface area contributed by atoms with E-state index in [1.165, 1.54) is 26.2 Å². The van der Waals surface area contributed by atoms with E-state index in [1.54, 1.807) is 30.3 Å². The zero-order chi connectivity index (χ0) is 21.7. The molecule has 1 aliphatic heterocycles. The maximum Gasteiger partial charge on any atom is 0.253 e. The van der Waals surface area contributed by atoms with E-state index in [0.29, 0.717) is 17.5 Å². The maximum absolute atomic E-state index is 13.8. The number of amides is 1. The summed E-state index contributed by atoms with van der Waals surface area (Å²) in [5.74, 6) is -0.664. The molecule has 2 aromatic carbocycles. The van der Waals surface area contributed by atoms with Crippen LogP contribution in [0.25, 0.3) is 0 Å². The molecule has 1 saturated heterocycles. The van der Waals surface area contributed by atoms with E-state index in [0.717, 1.165) is 42.3 Å². The molecular formula is C22H28FN3O3S. The van der Waals surface area contributed by atoms with Gasteiger partial charge in [0.15, 0.2) is 0 Å². The molecule has 1 heterocycles. The van der Waals surface area contributed by atoms with Gasteiger partial charge in [-0.2, -0.15) is 0 Å². The van der Waals surface area contributed by atoms with Gasteiger partial charge in [-0.05, 0) is 55.5 Å². The number of anilines is 1. The molecule has 0 spiro atoms. The van der Waals surface area contributed by atoms with E-state index in [-0.39, 0.29) is 23.2 Å². The normalized spacial score (nSPS) is 14.7. The Balaban J connectivity index is 1.85. The van der Waals surface area contributed by atoms with Gasteiger partial charge in [0.1, 0.15) is 5.82 Å². The van der Waals surface area contributed by atoms with Crippen molar-refractivity contribution in [2.45, 2.75) is 30.6 Å². The molecule has 3 rings (SSSR count). The van der Waals surface area contributed by atoms with Crippen molar-refractivity contribution in [2.24, 2.45) is 0 Å². The second-order valence-corrected chi connectivity index (χ2v) is 9.76. The summed E-state index contributed by atoms with van der Waals surface area (Å²) in [6, 6.07) is 11.2. The fraction of sp³-hybridized carbons (Fsp3) is 0.409. The number of carbonyl (C=O) groups excluding carboxylic acids is 1. The van der Waals surface area contributed by atoms with Crippen molar-refractivity contribution < 1.29 is 17.6 Å². The average Bonchev–Trinajstić information content (AvgIpc) is 2.75. The number of carbonyl (C=O) groups is 1. The van der Waals surface area contributed by atoms with Crippen LogP contribution in [0.15, 0.2) is 47.4 Å². The van der Waals surface area contributed by atoms with Crippen LogP contribution in [0.3, 0.4) is 0 Å². The van der Waals surface area contributed by atoms with Gasteiger partial charge in [-0.25, -0.2) is 17.1 Å². The molecule has 0 unspecified atom stereocenters. The molecule has 8 heteroatoms. The molecule has 0 aromatic heterocycles. The first-order valence-electron chi connectivity index (χ1n) is 10.1. The lowest BCUT2D eigenvalue weighted by Crippen LogP contribution is -2.33. The molecule has 0 bridgehead atoms. The minimum atomic E-state index is -3.66. The molecule has 6 nitrogen and oxygen atoms in total. The second kappa shape index (κ2) is 9.57. The highest BCUT2D eigenvalue weighted by Gasteiger charge is 2.24. The van der Waals surface area contributed by atoms with Gasteiger partial charge in [0.05, 0.1) is 10.5 Å². The van der Waals surface area contributed by atoms with Gasteiger partial charge in [-0.15, -0.1) is 0 Å². The number of rotatable bonds is 7. The Morgan fingerprint density at radius 2 is 1.80 bits per heavy atom. The number of hydrogen-bond donors (Lipinski definition) is 1. The molecule has 0 saturated carbocycles. The topological polar surface area (TPSA) is 69.7 Å². The molecule has 1 fully saturated rings. The predicted octanol–water partition coefficient (Wildman–Crippen LogP) is 3.04. The number of piperidine rings is 1. The number of halogens is 1. The zero-order valence-corrected chi connectivity index (χ0v) is 18.2. The van der Waals surface area contributed by atoms with Crippen molar-refractivity contribution in [3.8, 4) is 0 Å². The van der Waals surface area contributed by atoms with Crippen LogP contribution >= 0.6 is 0 Å². The van der Waals surface area contributed by atoms with Gasteiger partial charge in [-0.1, -0.05) is 18.2 Å². The summed E-state index contributed by atoms with van der Waals surface area (Å²) in [5.41, 5.74) is 1.59. The molecular weight excluding hydrogens is 405 g/mol. The third kappa shape index (κ3) is 4.99. The molecule has 1 aliphatic rings. The van der Waals surface area contributed by atoms with E-state index in [2.05, 4.69) is 10.2 Å². The Morgan fingerprint density at radius 1 is 1.10 bits per heavy atom. The van der Waals surface area contributed by atoms with Crippen LogP contribution in [0.2, 0.25) is 0 Å². The summed E-state index contributed by atoms with van der Waals surface area (Å²) < 4.78 is 40.1. The molecule has 0 aliphatic carbocycles. The minimum Gasteiger partial charge on any atom is -0.371 e. The average molecular weight is 434 g/mol. The molecule has 0 radical (unpaired) electrons. The van der Waals surface area contributed by atoms with Crippen LogP contribution in [0.5, 0.6) is 0 Å². The summed E-state index contributed by atoms with van der Waals surface area (Å²) >= 11 is 0. The van der Waals surface area contributed by atoms with Gasteiger partial charge < -0.3 is 10.2 Å². The largest absolute Gasteiger partial charge is 0.371 e. The standard InChI is InChI=1S/C22H28FN3O3S/c1-25(2)30(28,29)18-10-11-21(26-14-6-3-7-15-26)19(16-18)22(27)24-13-12-17-8-4-5-9-20(17)23/h4-5,8-11,16H,3,6-7,12-15H2,1-2H3,(H,24,27). The van der Waals surface area contributed by atoms with Crippen LogP contribution in [0.1, 0.15) is 35.2 Å². The van der Waals surface area contributed by atoms with Gasteiger partial charge in [0, 0.05) is 39.4 Å². The predicted molar refractivity (Wildman–Crippen MR) is 116 cm³/mol. The highest BCUT2D eigenvalue weighted by atomic mass is 32.2. The number of nitrogens with zero attached hydrogens (tertiary/aromatic N) is 2.